The summed E-state index contributed by atoms with van der Waals surface area (Å²) in [5, 5.41) is 8.76. The first-order chi connectivity index (χ1) is 7.16. The van der Waals surface area contributed by atoms with E-state index < -0.39 is 5.97 Å². The zero-order valence-corrected chi connectivity index (χ0v) is 8.19. The van der Waals surface area contributed by atoms with Crippen molar-refractivity contribution >= 4 is 24.8 Å². The van der Waals surface area contributed by atoms with E-state index in [4.69, 9.17) is 5.11 Å². The molecule has 2 N–H and O–H groups in total. The molecule has 0 radical (unpaired) electrons. The fourth-order valence-electron chi connectivity index (χ4n) is 1.41. The molecule has 0 fully saturated rings. The van der Waals surface area contributed by atoms with Crippen molar-refractivity contribution in [2.45, 2.75) is 6.92 Å². The molecule has 4 nitrogen and oxygen atoms in total. The van der Waals surface area contributed by atoms with Crippen molar-refractivity contribution in [1.82, 2.24) is 9.97 Å². The second kappa shape index (κ2) is 5.02. The van der Waals surface area contributed by atoms with Crippen LogP contribution in [0.2, 0.25) is 0 Å². The van der Waals surface area contributed by atoms with Crippen LogP contribution in [0.25, 0.3) is 11.1 Å². The topological polar surface area (TPSA) is 66.0 Å². The number of carboxylic acid groups (broad SMARTS) is 1. The molecular formula is C11H11LiN2O2. The van der Waals surface area contributed by atoms with Gasteiger partial charge in [-0.2, -0.15) is 0 Å². The number of nitrogens with one attached hydrogen (secondary N) is 1. The van der Waals surface area contributed by atoms with Crippen LogP contribution in [0.4, 0.5) is 0 Å². The SMILES string of the molecule is Cc1cc(-c2c[nH]c(C(=O)O)c2)ccn1.[LiH]. The predicted octanol–water partition coefficient (Wildman–Crippen LogP) is 1.43. The Bertz CT molecular complexity index is 508. The number of hydrogen-bond acceptors (Lipinski definition) is 2. The standard InChI is InChI=1S/C11H10N2O2.Li.H/c1-7-4-8(2-3-12-7)9-5-10(11(14)15)13-6-9;;/h2-6,13H,1H3,(H,14,15);;. The van der Waals surface area contributed by atoms with Crippen LogP contribution in [0.1, 0.15) is 16.2 Å². The van der Waals surface area contributed by atoms with Crippen LogP contribution in [0.15, 0.2) is 30.6 Å². The molecule has 0 saturated heterocycles. The summed E-state index contributed by atoms with van der Waals surface area (Å²) < 4.78 is 0. The summed E-state index contributed by atoms with van der Waals surface area (Å²) in [6, 6.07) is 5.37. The maximum absolute atomic E-state index is 10.7. The Labute approximate surface area is 105 Å². The Morgan fingerprint density at radius 2 is 2.12 bits per heavy atom. The first kappa shape index (κ1) is 12.6. The van der Waals surface area contributed by atoms with Gasteiger partial charge in [0.15, 0.2) is 0 Å². The second-order valence-electron chi connectivity index (χ2n) is 3.29. The van der Waals surface area contributed by atoms with Gasteiger partial charge in [-0.15, -0.1) is 0 Å². The van der Waals surface area contributed by atoms with Crippen LogP contribution >= 0.6 is 0 Å². The Balaban J connectivity index is 0.00000128. The fraction of sp³-hybridized carbons (Fsp3) is 0.0909. The zero-order chi connectivity index (χ0) is 10.8. The number of rotatable bonds is 2. The zero-order valence-electron chi connectivity index (χ0n) is 8.19. The van der Waals surface area contributed by atoms with Gasteiger partial charge in [0.05, 0.1) is 0 Å². The third kappa shape index (κ3) is 2.54. The third-order valence-electron chi connectivity index (χ3n) is 2.14. The van der Waals surface area contributed by atoms with Crippen LogP contribution in [-0.2, 0) is 0 Å². The summed E-state index contributed by atoms with van der Waals surface area (Å²) in [5.74, 6) is -0.952. The first-order valence-corrected chi connectivity index (χ1v) is 4.51. The van der Waals surface area contributed by atoms with Crippen molar-refractivity contribution in [1.29, 1.82) is 0 Å². The van der Waals surface area contributed by atoms with Crippen LogP contribution < -0.4 is 0 Å². The molecule has 0 aliphatic heterocycles. The van der Waals surface area contributed by atoms with Gasteiger partial charge >= 0.3 is 24.8 Å². The molecule has 0 bridgehead atoms. The number of aromatic nitrogens is 2. The van der Waals surface area contributed by atoms with Gasteiger partial charge in [0.1, 0.15) is 5.69 Å². The van der Waals surface area contributed by atoms with Gasteiger partial charge in [-0.05, 0) is 30.7 Å². The van der Waals surface area contributed by atoms with Gasteiger partial charge in [0, 0.05) is 23.7 Å². The summed E-state index contributed by atoms with van der Waals surface area (Å²) in [6.45, 7) is 1.90. The summed E-state index contributed by atoms with van der Waals surface area (Å²) in [6.07, 6.45) is 3.39. The summed E-state index contributed by atoms with van der Waals surface area (Å²) in [7, 11) is 0. The molecule has 2 aromatic heterocycles. The number of carbonyl (C=O) groups is 1. The molecule has 78 valence electrons. The van der Waals surface area contributed by atoms with Gasteiger partial charge in [-0.25, -0.2) is 4.79 Å². The molecule has 2 rings (SSSR count). The van der Waals surface area contributed by atoms with E-state index in [-0.39, 0.29) is 24.6 Å². The van der Waals surface area contributed by atoms with Crippen molar-refractivity contribution in [3.05, 3.63) is 42.0 Å². The van der Waals surface area contributed by atoms with Gasteiger partial charge in [-0.1, -0.05) is 0 Å². The van der Waals surface area contributed by atoms with Gasteiger partial charge < -0.3 is 10.1 Å². The molecule has 5 heteroatoms. The molecule has 0 unspecified atom stereocenters. The van der Waals surface area contributed by atoms with E-state index in [1.54, 1.807) is 18.5 Å². The Morgan fingerprint density at radius 1 is 1.38 bits per heavy atom. The van der Waals surface area contributed by atoms with Crippen molar-refractivity contribution in [2.24, 2.45) is 0 Å². The Kier molecular flexibility index (Phi) is 3.94. The molecule has 0 aliphatic rings. The monoisotopic (exact) mass is 210 g/mol. The van der Waals surface area contributed by atoms with E-state index in [2.05, 4.69) is 9.97 Å². The van der Waals surface area contributed by atoms with E-state index in [0.717, 1.165) is 16.8 Å². The molecule has 0 spiro atoms. The molecule has 2 heterocycles. The number of aromatic amines is 1. The second-order valence-corrected chi connectivity index (χ2v) is 3.29. The average Bonchev–Trinajstić information content (AvgIpc) is 2.66. The van der Waals surface area contributed by atoms with Crippen molar-refractivity contribution < 1.29 is 9.90 Å². The first-order valence-electron chi connectivity index (χ1n) is 4.51. The van der Waals surface area contributed by atoms with E-state index >= 15 is 0 Å². The minimum absolute atomic E-state index is 0. The molecule has 16 heavy (non-hydrogen) atoms. The quantitative estimate of drug-likeness (QED) is 0.737. The summed E-state index contributed by atoms with van der Waals surface area (Å²) in [5.41, 5.74) is 2.93. The van der Waals surface area contributed by atoms with E-state index in [1.807, 2.05) is 19.1 Å². The third-order valence-corrected chi connectivity index (χ3v) is 2.14. The van der Waals surface area contributed by atoms with Crippen LogP contribution in [0.3, 0.4) is 0 Å². The van der Waals surface area contributed by atoms with Gasteiger partial charge in [0.25, 0.3) is 0 Å². The predicted molar refractivity (Wildman–Crippen MR) is 62.9 cm³/mol. The maximum atomic E-state index is 10.7. The van der Waals surface area contributed by atoms with Crippen molar-refractivity contribution in [2.75, 3.05) is 0 Å². The molecular weight excluding hydrogens is 199 g/mol. The number of aryl methyl sites for hydroxylation is 1. The van der Waals surface area contributed by atoms with Crippen LogP contribution in [0, 0.1) is 6.92 Å². The van der Waals surface area contributed by atoms with Gasteiger partial charge in [0.2, 0.25) is 0 Å². The van der Waals surface area contributed by atoms with E-state index in [9.17, 15) is 4.79 Å². The number of nitrogens with zero attached hydrogens (tertiary/aromatic N) is 1. The minimum atomic E-state index is -0.952. The average molecular weight is 210 g/mol. The molecule has 2 aromatic rings. The number of aromatic carboxylic acids is 1. The molecule has 0 aliphatic carbocycles. The number of pyridine rings is 1. The molecule has 0 atom stereocenters. The molecule has 0 aromatic carbocycles. The molecule has 0 saturated carbocycles. The van der Waals surface area contributed by atoms with E-state index in [1.165, 1.54) is 0 Å². The number of H-pyrrole nitrogens is 1. The van der Waals surface area contributed by atoms with E-state index in [0.29, 0.717) is 0 Å². The fourth-order valence-corrected chi connectivity index (χ4v) is 1.41. The normalized spacial score (nSPS) is 9.56. The number of hydrogen-bond donors (Lipinski definition) is 2. The van der Waals surface area contributed by atoms with Gasteiger partial charge in [-0.3, -0.25) is 4.98 Å². The van der Waals surface area contributed by atoms with Crippen LogP contribution in [0.5, 0.6) is 0 Å². The summed E-state index contributed by atoms with van der Waals surface area (Å²) >= 11 is 0. The van der Waals surface area contributed by atoms with Crippen molar-refractivity contribution in [3.63, 3.8) is 0 Å². The Morgan fingerprint density at radius 3 is 2.69 bits per heavy atom. The molecule has 0 amide bonds. The number of carboxylic acids is 1. The summed E-state index contributed by atoms with van der Waals surface area (Å²) in [4.78, 5) is 17.5. The van der Waals surface area contributed by atoms with Crippen molar-refractivity contribution in [3.8, 4) is 11.1 Å². The Hall–Kier alpha value is -1.50. The van der Waals surface area contributed by atoms with Crippen LogP contribution in [-0.4, -0.2) is 39.9 Å².